The molecule has 0 N–H and O–H groups in total. The molecule has 1 unspecified atom stereocenters. The molecule has 1 aliphatic heterocycles. The number of benzene rings is 1. The molecule has 2 rings (SSSR count). The summed E-state index contributed by atoms with van der Waals surface area (Å²) in [7, 11) is 0. The van der Waals surface area contributed by atoms with Crippen molar-refractivity contribution in [3.05, 3.63) is 34.6 Å². The van der Waals surface area contributed by atoms with Crippen molar-refractivity contribution in [2.45, 2.75) is 25.4 Å². The Morgan fingerprint density at radius 2 is 2.38 bits per heavy atom. The van der Waals surface area contributed by atoms with Crippen LogP contribution in [0, 0.1) is 17.1 Å². The summed E-state index contributed by atoms with van der Waals surface area (Å²) >= 11 is 5.61. The van der Waals surface area contributed by atoms with Gasteiger partial charge in [-0.1, -0.05) is 17.7 Å². The molecular weight excluding hydrogens is 227 g/mol. The van der Waals surface area contributed by atoms with E-state index in [1.54, 1.807) is 12.1 Å². The largest absolute Gasteiger partial charge is 0.284 e. The van der Waals surface area contributed by atoms with Crippen molar-refractivity contribution in [1.82, 2.24) is 4.90 Å². The lowest BCUT2D eigenvalue weighted by molar-refractivity contribution is 0.286. The molecule has 1 atom stereocenters. The molecule has 1 fully saturated rings. The Kier molecular flexibility index (Phi) is 3.42. The second kappa shape index (κ2) is 4.82. The lowest BCUT2D eigenvalue weighted by Gasteiger charge is -2.18. The minimum atomic E-state index is -0.396. The van der Waals surface area contributed by atoms with Crippen LogP contribution in [0.25, 0.3) is 0 Å². The van der Waals surface area contributed by atoms with Crippen molar-refractivity contribution >= 4 is 11.6 Å². The standard InChI is InChI=1S/C12H12ClFN2/c13-11-4-3-9(6-12(11)14)8-16-5-1-2-10(16)7-15/h3-4,6,10H,1-2,5,8H2. The highest BCUT2D eigenvalue weighted by Gasteiger charge is 2.23. The zero-order chi connectivity index (χ0) is 11.5. The van der Waals surface area contributed by atoms with Gasteiger partial charge in [-0.05, 0) is 37.1 Å². The second-order valence-corrected chi connectivity index (χ2v) is 4.41. The third-order valence-electron chi connectivity index (χ3n) is 2.88. The van der Waals surface area contributed by atoms with Gasteiger partial charge in [-0.25, -0.2) is 4.39 Å². The average molecular weight is 239 g/mol. The number of nitriles is 1. The molecule has 0 radical (unpaired) electrons. The Labute approximate surface area is 99.2 Å². The van der Waals surface area contributed by atoms with Crippen molar-refractivity contribution in [3.8, 4) is 6.07 Å². The van der Waals surface area contributed by atoms with Gasteiger partial charge in [-0.2, -0.15) is 5.26 Å². The third kappa shape index (κ3) is 2.34. The molecule has 1 aliphatic rings. The number of hydrogen-bond acceptors (Lipinski definition) is 2. The maximum atomic E-state index is 13.2. The molecule has 0 amide bonds. The maximum Gasteiger partial charge on any atom is 0.142 e. The molecule has 1 heterocycles. The first-order valence-corrected chi connectivity index (χ1v) is 5.66. The van der Waals surface area contributed by atoms with E-state index in [0.717, 1.165) is 24.9 Å². The molecule has 84 valence electrons. The van der Waals surface area contributed by atoms with Gasteiger partial charge in [0.15, 0.2) is 0 Å². The highest BCUT2D eigenvalue weighted by molar-refractivity contribution is 6.30. The van der Waals surface area contributed by atoms with Gasteiger partial charge >= 0.3 is 0 Å². The molecule has 0 spiro atoms. The Hall–Kier alpha value is -1.11. The molecule has 1 aromatic carbocycles. The molecule has 0 saturated carbocycles. The second-order valence-electron chi connectivity index (χ2n) is 4.01. The Bertz CT molecular complexity index is 428. The van der Waals surface area contributed by atoms with Crippen LogP contribution in [0.3, 0.4) is 0 Å². The predicted octanol–water partition coefficient (Wildman–Crippen LogP) is 2.97. The van der Waals surface area contributed by atoms with Crippen molar-refractivity contribution < 1.29 is 4.39 Å². The van der Waals surface area contributed by atoms with Crippen LogP contribution in [0.15, 0.2) is 18.2 Å². The summed E-state index contributed by atoms with van der Waals surface area (Å²) < 4.78 is 13.2. The van der Waals surface area contributed by atoms with Gasteiger partial charge < -0.3 is 0 Å². The SMILES string of the molecule is N#CC1CCCN1Cc1ccc(Cl)c(F)c1. The van der Waals surface area contributed by atoms with E-state index in [1.807, 2.05) is 0 Å². The monoisotopic (exact) mass is 238 g/mol. The molecule has 2 nitrogen and oxygen atoms in total. The summed E-state index contributed by atoms with van der Waals surface area (Å²) in [6.07, 6.45) is 1.95. The number of rotatable bonds is 2. The van der Waals surface area contributed by atoms with Gasteiger partial charge in [0, 0.05) is 6.54 Å². The smallest absolute Gasteiger partial charge is 0.142 e. The zero-order valence-corrected chi connectivity index (χ0v) is 9.54. The maximum absolute atomic E-state index is 13.2. The van der Waals surface area contributed by atoms with Crippen molar-refractivity contribution in [2.75, 3.05) is 6.54 Å². The van der Waals surface area contributed by atoms with E-state index in [0.29, 0.717) is 6.54 Å². The highest BCUT2D eigenvalue weighted by Crippen LogP contribution is 2.21. The summed E-state index contributed by atoms with van der Waals surface area (Å²) in [5, 5.41) is 9.07. The van der Waals surface area contributed by atoms with E-state index in [4.69, 9.17) is 16.9 Å². The first kappa shape index (κ1) is 11.4. The van der Waals surface area contributed by atoms with Crippen LogP contribution in [0.4, 0.5) is 4.39 Å². The Morgan fingerprint density at radius 3 is 3.06 bits per heavy atom. The average Bonchev–Trinajstić information content (AvgIpc) is 2.71. The first-order valence-electron chi connectivity index (χ1n) is 5.28. The van der Waals surface area contributed by atoms with E-state index in [1.165, 1.54) is 6.07 Å². The number of nitrogens with zero attached hydrogens (tertiary/aromatic N) is 2. The number of likely N-dealkylation sites (tertiary alicyclic amines) is 1. The topological polar surface area (TPSA) is 27.0 Å². The van der Waals surface area contributed by atoms with Crippen LogP contribution in [0.5, 0.6) is 0 Å². The molecular formula is C12H12ClFN2. The fourth-order valence-electron chi connectivity index (χ4n) is 2.03. The van der Waals surface area contributed by atoms with E-state index in [-0.39, 0.29) is 11.1 Å². The van der Waals surface area contributed by atoms with E-state index in [9.17, 15) is 4.39 Å². The minimum Gasteiger partial charge on any atom is -0.284 e. The molecule has 0 bridgehead atoms. The lowest BCUT2D eigenvalue weighted by atomic mass is 10.2. The van der Waals surface area contributed by atoms with Crippen LogP contribution in [-0.2, 0) is 6.54 Å². The zero-order valence-electron chi connectivity index (χ0n) is 8.79. The normalized spacial score (nSPS) is 20.9. The molecule has 0 aromatic heterocycles. The van der Waals surface area contributed by atoms with Crippen molar-refractivity contribution in [2.24, 2.45) is 0 Å². The third-order valence-corrected chi connectivity index (χ3v) is 3.19. The quantitative estimate of drug-likeness (QED) is 0.792. The number of hydrogen-bond donors (Lipinski definition) is 0. The van der Waals surface area contributed by atoms with Gasteiger partial charge in [0.1, 0.15) is 5.82 Å². The van der Waals surface area contributed by atoms with Gasteiger partial charge in [-0.15, -0.1) is 0 Å². The van der Waals surface area contributed by atoms with Crippen LogP contribution in [-0.4, -0.2) is 17.5 Å². The van der Waals surface area contributed by atoms with Gasteiger partial charge in [0.05, 0.1) is 17.1 Å². The summed E-state index contributed by atoms with van der Waals surface area (Å²) in [6.45, 7) is 1.52. The van der Waals surface area contributed by atoms with Crippen molar-refractivity contribution in [3.63, 3.8) is 0 Å². The first-order chi connectivity index (χ1) is 7.70. The van der Waals surface area contributed by atoms with E-state index >= 15 is 0 Å². The van der Waals surface area contributed by atoms with Crippen LogP contribution < -0.4 is 0 Å². The van der Waals surface area contributed by atoms with E-state index in [2.05, 4.69) is 11.0 Å². The molecule has 1 aromatic rings. The lowest BCUT2D eigenvalue weighted by Crippen LogP contribution is -2.27. The van der Waals surface area contributed by atoms with Gasteiger partial charge in [0.25, 0.3) is 0 Å². The highest BCUT2D eigenvalue weighted by atomic mass is 35.5. The summed E-state index contributed by atoms with van der Waals surface area (Å²) in [5.74, 6) is -0.396. The van der Waals surface area contributed by atoms with Gasteiger partial charge in [-0.3, -0.25) is 4.90 Å². The van der Waals surface area contributed by atoms with E-state index < -0.39 is 5.82 Å². The molecule has 16 heavy (non-hydrogen) atoms. The molecule has 4 heteroatoms. The fraction of sp³-hybridized carbons (Fsp3) is 0.417. The Balaban J connectivity index is 2.09. The molecule has 1 saturated heterocycles. The predicted molar refractivity (Wildman–Crippen MR) is 60.5 cm³/mol. The Morgan fingerprint density at radius 1 is 1.56 bits per heavy atom. The van der Waals surface area contributed by atoms with Crippen LogP contribution in [0.1, 0.15) is 18.4 Å². The molecule has 0 aliphatic carbocycles. The van der Waals surface area contributed by atoms with Crippen LogP contribution >= 0.6 is 11.6 Å². The fourth-order valence-corrected chi connectivity index (χ4v) is 2.15. The minimum absolute atomic E-state index is 0.0289. The van der Waals surface area contributed by atoms with Crippen LogP contribution in [0.2, 0.25) is 5.02 Å². The summed E-state index contributed by atoms with van der Waals surface area (Å²) in [4.78, 5) is 2.07. The number of halogens is 2. The summed E-state index contributed by atoms with van der Waals surface area (Å²) in [5.41, 5.74) is 0.865. The summed E-state index contributed by atoms with van der Waals surface area (Å²) in [6, 6.07) is 7.04. The van der Waals surface area contributed by atoms with Gasteiger partial charge in [0.2, 0.25) is 0 Å². The van der Waals surface area contributed by atoms with Crippen molar-refractivity contribution in [1.29, 1.82) is 5.26 Å².